The molecule has 3 rings (SSSR count). The summed E-state index contributed by atoms with van der Waals surface area (Å²) < 4.78 is 0. The number of para-hydroxylation sites is 1. The molecule has 1 amide bonds. The van der Waals surface area contributed by atoms with E-state index in [1.165, 1.54) is 0 Å². The number of rotatable bonds is 2. The molecule has 0 bridgehead atoms. The molecule has 0 spiro atoms. The fourth-order valence-electron chi connectivity index (χ4n) is 2.95. The normalized spacial score (nSPS) is 22.7. The highest BCUT2D eigenvalue weighted by atomic mass is 35.5. The number of hydrogen-bond donors (Lipinski definition) is 2. The smallest absolute Gasteiger partial charge is 0.266 e. The first kappa shape index (κ1) is 15.2. The average Bonchev–Trinajstić information content (AvgIpc) is 2.45. The van der Waals surface area contributed by atoms with E-state index in [2.05, 4.69) is 29.6 Å². The van der Waals surface area contributed by atoms with Gasteiger partial charge in [-0.3, -0.25) is 10.2 Å². The van der Waals surface area contributed by atoms with Crippen LogP contribution in [0.5, 0.6) is 0 Å². The lowest BCUT2D eigenvalue weighted by Gasteiger charge is -2.36. The van der Waals surface area contributed by atoms with E-state index < -0.39 is 0 Å². The summed E-state index contributed by atoms with van der Waals surface area (Å²) in [5.41, 5.74) is 4.26. The number of aromatic nitrogens is 1. The van der Waals surface area contributed by atoms with E-state index in [1.807, 2.05) is 29.3 Å². The zero-order valence-electron chi connectivity index (χ0n) is 12.6. The largest absolute Gasteiger partial charge is 0.309 e. The molecule has 2 N–H and O–H groups in total. The van der Waals surface area contributed by atoms with Crippen LogP contribution in [0, 0.1) is 0 Å². The minimum absolute atomic E-state index is 0.151. The van der Waals surface area contributed by atoms with Crippen molar-refractivity contribution in [1.29, 1.82) is 0 Å². The number of fused-ring (bicyclic) bond motifs is 1. The van der Waals surface area contributed by atoms with Crippen molar-refractivity contribution in [2.24, 2.45) is 0 Å². The van der Waals surface area contributed by atoms with Crippen LogP contribution in [0.15, 0.2) is 30.3 Å². The summed E-state index contributed by atoms with van der Waals surface area (Å²) in [6.07, 6.45) is 0. The van der Waals surface area contributed by atoms with Crippen LogP contribution in [-0.4, -0.2) is 41.1 Å². The third-order valence-corrected chi connectivity index (χ3v) is 3.94. The lowest BCUT2D eigenvalue weighted by molar-refractivity contribution is 0.0683. The topological polar surface area (TPSA) is 57.3 Å². The van der Waals surface area contributed by atoms with Gasteiger partial charge in [0.15, 0.2) is 0 Å². The van der Waals surface area contributed by atoms with Crippen molar-refractivity contribution >= 4 is 28.4 Å². The van der Waals surface area contributed by atoms with Crippen LogP contribution in [0.25, 0.3) is 10.9 Å². The maximum atomic E-state index is 12.6. The van der Waals surface area contributed by atoms with Crippen LogP contribution in [0.1, 0.15) is 24.2 Å². The zero-order chi connectivity index (χ0) is 15.7. The summed E-state index contributed by atoms with van der Waals surface area (Å²) in [7, 11) is 0. The highest BCUT2D eigenvalue weighted by Gasteiger charge is 2.23. The molecular formula is C16H19ClN4O. The van der Waals surface area contributed by atoms with Gasteiger partial charge in [-0.2, -0.15) is 0 Å². The SMILES string of the molecule is CC1CN(NC(=O)c2cc(Cl)nc3ccccc23)CC(C)N1. The predicted octanol–water partition coefficient (Wildman–Crippen LogP) is 2.22. The number of carbonyl (C=O) groups is 1. The second kappa shape index (κ2) is 6.20. The van der Waals surface area contributed by atoms with Gasteiger partial charge < -0.3 is 5.32 Å². The van der Waals surface area contributed by atoms with Crippen molar-refractivity contribution in [2.45, 2.75) is 25.9 Å². The molecule has 1 aromatic carbocycles. The predicted molar refractivity (Wildman–Crippen MR) is 87.9 cm³/mol. The number of nitrogens with zero attached hydrogens (tertiary/aromatic N) is 2. The molecule has 1 fully saturated rings. The molecular weight excluding hydrogens is 300 g/mol. The van der Waals surface area contributed by atoms with Crippen molar-refractivity contribution in [3.05, 3.63) is 41.0 Å². The number of hydrazine groups is 1. The fourth-order valence-corrected chi connectivity index (χ4v) is 3.15. The first-order chi connectivity index (χ1) is 10.5. The van der Waals surface area contributed by atoms with Crippen LogP contribution < -0.4 is 10.7 Å². The highest BCUT2D eigenvalue weighted by Crippen LogP contribution is 2.21. The molecule has 22 heavy (non-hydrogen) atoms. The molecule has 6 heteroatoms. The Balaban J connectivity index is 1.86. The molecule has 2 aromatic rings. The van der Waals surface area contributed by atoms with Gasteiger partial charge in [0.1, 0.15) is 5.15 Å². The van der Waals surface area contributed by atoms with Crippen molar-refractivity contribution in [2.75, 3.05) is 13.1 Å². The van der Waals surface area contributed by atoms with Gasteiger partial charge in [-0.15, -0.1) is 0 Å². The van der Waals surface area contributed by atoms with Gasteiger partial charge in [0, 0.05) is 30.6 Å². The monoisotopic (exact) mass is 318 g/mol. The highest BCUT2D eigenvalue weighted by molar-refractivity contribution is 6.30. The van der Waals surface area contributed by atoms with Gasteiger partial charge >= 0.3 is 0 Å². The number of pyridine rings is 1. The minimum atomic E-state index is -0.151. The van der Waals surface area contributed by atoms with E-state index >= 15 is 0 Å². The Morgan fingerprint density at radius 2 is 2.00 bits per heavy atom. The summed E-state index contributed by atoms with van der Waals surface area (Å²) in [6, 6.07) is 9.80. The summed E-state index contributed by atoms with van der Waals surface area (Å²) in [4.78, 5) is 16.9. The van der Waals surface area contributed by atoms with E-state index in [9.17, 15) is 4.79 Å². The third-order valence-electron chi connectivity index (χ3n) is 3.75. The molecule has 0 radical (unpaired) electrons. The van der Waals surface area contributed by atoms with E-state index in [0.717, 1.165) is 24.0 Å². The Labute approximate surface area is 134 Å². The second-order valence-electron chi connectivity index (χ2n) is 5.82. The molecule has 2 heterocycles. The number of halogens is 1. The second-order valence-corrected chi connectivity index (χ2v) is 6.21. The number of nitrogens with one attached hydrogen (secondary N) is 2. The van der Waals surface area contributed by atoms with Gasteiger partial charge in [-0.25, -0.2) is 9.99 Å². The molecule has 2 atom stereocenters. The summed E-state index contributed by atoms with van der Waals surface area (Å²) in [5.74, 6) is -0.151. The van der Waals surface area contributed by atoms with Gasteiger partial charge in [0.2, 0.25) is 0 Å². The van der Waals surface area contributed by atoms with Gasteiger partial charge in [-0.1, -0.05) is 29.8 Å². The molecule has 5 nitrogen and oxygen atoms in total. The van der Waals surface area contributed by atoms with Crippen LogP contribution in [0.3, 0.4) is 0 Å². The summed E-state index contributed by atoms with van der Waals surface area (Å²) in [5, 5.41) is 6.52. The van der Waals surface area contributed by atoms with Gasteiger partial charge in [-0.05, 0) is 26.0 Å². The molecule has 1 aromatic heterocycles. The third kappa shape index (κ3) is 3.21. The van der Waals surface area contributed by atoms with Gasteiger partial charge in [0.25, 0.3) is 5.91 Å². The maximum absolute atomic E-state index is 12.6. The first-order valence-corrected chi connectivity index (χ1v) is 7.78. The average molecular weight is 319 g/mol. The van der Waals surface area contributed by atoms with Gasteiger partial charge in [0.05, 0.1) is 11.1 Å². The summed E-state index contributed by atoms with van der Waals surface area (Å²) in [6.45, 7) is 5.75. The van der Waals surface area contributed by atoms with Crippen molar-refractivity contribution in [3.8, 4) is 0 Å². The Bertz CT molecular complexity index is 696. The lowest BCUT2D eigenvalue weighted by atomic mass is 10.1. The van der Waals surface area contributed by atoms with Crippen LogP contribution in [0.4, 0.5) is 0 Å². The van der Waals surface area contributed by atoms with Crippen molar-refractivity contribution < 1.29 is 4.79 Å². The van der Waals surface area contributed by atoms with Crippen molar-refractivity contribution in [1.82, 2.24) is 20.7 Å². The number of piperazine rings is 1. The number of hydrogen-bond acceptors (Lipinski definition) is 4. The number of carbonyl (C=O) groups excluding carboxylic acids is 1. The standard InChI is InChI=1S/C16H19ClN4O/c1-10-8-21(9-11(2)18-10)20-16(22)13-7-15(17)19-14-6-4-3-5-12(13)14/h3-7,10-11,18H,8-9H2,1-2H3,(H,20,22). The number of benzene rings is 1. The Kier molecular flexibility index (Phi) is 4.29. The Morgan fingerprint density at radius 3 is 2.73 bits per heavy atom. The first-order valence-electron chi connectivity index (χ1n) is 7.40. The van der Waals surface area contributed by atoms with E-state index in [4.69, 9.17) is 11.6 Å². The molecule has 0 aliphatic carbocycles. The van der Waals surface area contributed by atoms with E-state index in [0.29, 0.717) is 22.8 Å². The van der Waals surface area contributed by atoms with Crippen LogP contribution in [0.2, 0.25) is 5.15 Å². The van der Waals surface area contributed by atoms with Crippen molar-refractivity contribution in [3.63, 3.8) is 0 Å². The molecule has 116 valence electrons. The lowest BCUT2D eigenvalue weighted by Crippen LogP contribution is -2.59. The molecule has 0 saturated carbocycles. The van der Waals surface area contributed by atoms with E-state index in [1.54, 1.807) is 6.07 Å². The minimum Gasteiger partial charge on any atom is -0.309 e. The zero-order valence-corrected chi connectivity index (χ0v) is 13.4. The number of amides is 1. The van der Waals surface area contributed by atoms with Crippen LogP contribution in [-0.2, 0) is 0 Å². The molecule has 1 aliphatic rings. The maximum Gasteiger partial charge on any atom is 0.266 e. The molecule has 2 unspecified atom stereocenters. The summed E-state index contributed by atoms with van der Waals surface area (Å²) >= 11 is 6.04. The molecule has 1 aliphatic heterocycles. The quantitative estimate of drug-likeness (QED) is 0.834. The Hall–Kier alpha value is -1.69. The van der Waals surface area contributed by atoms with Crippen LogP contribution >= 0.6 is 11.6 Å². The Morgan fingerprint density at radius 1 is 1.32 bits per heavy atom. The van der Waals surface area contributed by atoms with E-state index in [-0.39, 0.29) is 5.91 Å². The fraction of sp³-hybridized carbons (Fsp3) is 0.375. The molecule has 1 saturated heterocycles.